The lowest BCUT2D eigenvalue weighted by Crippen LogP contribution is -2.52. The second-order valence-electron chi connectivity index (χ2n) is 21.8. The molecule has 14 nitrogen and oxygen atoms in total. The molecule has 0 spiro atoms. The number of hydrogen-bond donors (Lipinski definition) is 4. The van der Waals surface area contributed by atoms with Crippen LogP contribution in [0.25, 0.3) is 11.1 Å². The zero-order valence-corrected chi connectivity index (χ0v) is 47.7. The Morgan fingerprint density at radius 3 is 2.21 bits per heavy atom. The number of piperazine rings is 1. The number of hydrazine groups is 1. The van der Waals surface area contributed by atoms with Crippen molar-refractivity contribution >= 4 is 29.8 Å². The van der Waals surface area contributed by atoms with Crippen LogP contribution in [0, 0.1) is 11.3 Å². The van der Waals surface area contributed by atoms with Crippen LogP contribution in [0.1, 0.15) is 134 Å². The molecule has 416 valence electrons. The SMILES string of the molecule is C=C(C1Cc2cc(cc(-c3ccc4c(c3)C(CC(C)(C)CO)C(c3cc(N5CCN(C6CC6)CC5)cnc3C(C)OC)N4CC)c2)CN(c2ccccc2)CCO[C@@H](C(C)C)C(=O)N1)N1CCCCN1.C=O.CC.CO. The molecule has 2 saturated heterocycles. The van der Waals surface area contributed by atoms with Crippen molar-refractivity contribution in [3.8, 4) is 11.1 Å². The Bertz CT molecular complexity index is 2450. The molecule has 1 saturated carbocycles. The Morgan fingerprint density at radius 2 is 1.58 bits per heavy atom. The number of aliphatic hydroxyl groups excluding tert-OH is 2. The third-order valence-corrected chi connectivity index (χ3v) is 15.7. The molecule has 3 fully saturated rings. The van der Waals surface area contributed by atoms with Gasteiger partial charge in [0.15, 0.2) is 0 Å². The van der Waals surface area contributed by atoms with E-state index in [4.69, 9.17) is 24.4 Å². The van der Waals surface area contributed by atoms with Crippen LogP contribution in [0.5, 0.6) is 0 Å². The van der Waals surface area contributed by atoms with E-state index in [1.54, 1.807) is 7.11 Å². The Hall–Kier alpha value is -5.35. The molecule has 4 N–H and O–H groups in total. The number of pyridine rings is 1. The molecule has 9 rings (SSSR count). The van der Waals surface area contributed by atoms with E-state index >= 15 is 0 Å². The smallest absolute Gasteiger partial charge is 0.249 e. The van der Waals surface area contributed by atoms with E-state index in [9.17, 15) is 9.90 Å². The summed E-state index contributed by atoms with van der Waals surface area (Å²) in [6.45, 7) is 32.0. The van der Waals surface area contributed by atoms with Crippen LogP contribution in [0.2, 0.25) is 0 Å². The summed E-state index contributed by atoms with van der Waals surface area (Å²) in [5.74, 6) is -0.0523. The summed E-state index contributed by atoms with van der Waals surface area (Å²) in [6.07, 6.45) is 7.48. The Kier molecular flexibility index (Phi) is 22.3. The van der Waals surface area contributed by atoms with Gasteiger partial charge in [-0.3, -0.25) is 14.7 Å². The van der Waals surface area contributed by atoms with E-state index in [1.165, 1.54) is 40.9 Å². The summed E-state index contributed by atoms with van der Waals surface area (Å²) in [5, 5.41) is 23.5. The van der Waals surface area contributed by atoms with Crippen molar-refractivity contribution < 1.29 is 29.3 Å². The highest BCUT2D eigenvalue weighted by Crippen LogP contribution is 2.55. The van der Waals surface area contributed by atoms with Crippen LogP contribution in [0.3, 0.4) is 0 Å². The highest BCUT2D eigenvalue weighted by Gasteiger charge is 2.44. The Balaban J connectivity index is 0.00000151. The van der Waals surface area contributed by atoms with Gasteiger partial charge in [-0.15, -0.1) is 0 Å². The average molecular weight is 1050 g/mol. The highest BCUT2D eigenvalue weighted by atomic mass is 16.5. The number of amides is 1. The number of benzene rings is 3. The fraction of sp³-hybridized carbons (Fsp3) is 0.565. The van der Waals surface area contributed by atoms with Gasteiger partial charge in [-0.1, -0.05) is 84.5 Å². The molecule has 4 unspecified atom stereocenters. The number of rotatable bonds is 14. The summed E-state index contributed by atoms with van der Waals surface area (Å²) in [4.78, 5) is 37.7. The van der Waals surface area contributed by atoms with Gasteiger partial charge in [-0.2, -0.15) is 0 Å². The molecule has 2 bridgehead atoms. The zero-order chi connectivity index (χ0) is 55.1. The van der Waals surface area contributed by atoms with Gasteiger partial charge in [-0.05, 0) is 128 Å². The van der Waals surface area contributed by atoms with Gasteiger partial charge in [-0.25, -0.2) is 5.43 Å². The summed E-state index contributed by atoms with van der Waals surface area (Å²) in [6, 6.07) is 27.5. The van der Waals surface area contributed by atoms with E-state index in [-0.39, 0.29) is 48.0 Å². The lowest BCUT2D eigenvalue weighted by molar-refractivity contribution is -0.136. The zero-order valence-electron chi connectivity index (χ0n) is 47.7. The molecule has 1 aromatic heterocycles. The number of anilines is 3. The molecule has 0 radical (unpaired) electrons. The van der Waals surface area contributed by atoms with Crippen molar-refractivity contribution in [3.63, 3.8) is 0 Å². The van der Waals surface area contributed by atoms with Crippen molar-refractivity contribution in [2.24, 2.45) is 11.3 Å². The number of carbonyl (C=O) groups is 2. The van der Waals surface area contributed by atoms with E-state index in [2.05, 4.69) is 162 Å². The number of para-hydroxylation sites is 1. The Labute approximate surface area is 455 Å². The van der Waals surface area contributed by atoms with E-state index < -0.39 is 6.10 Å². The predicted octanol–water partition coefficient (Wildman–Crippen LogP) is 9.47. The number of carbonyl (C=O) groups excluding carboxylic acids is 2. The van der Waals surface area contributed by atoms with Gasteiger partial charge in [0.2, 0.25) is 5.91 Å². The summed E-state index contributed by atoms with van der Waals surface area (Å²) in [5.41, 5.74) is 15.7. The van der Waals surface area contributed by atoms with Gasteiger partial charge >= 0.3 is 0 Å². The number of hydrogen-bond acceptors (Lipinski definition) is 13. The summed E-state index contributed by atoms with van der Waals surface area (Å²) >= 11 is 0. The van der Waals surface area contributed by atoms with Crippen molar-refractivity contribution in [1.82, 2.24) is 25.6 Å². The molecule has 5 atom stereocenters. The van der Waals surface area contributed by atoms with Gasteiger partial charge in [0, 0.05) is 114 Å². The number of aromatic nitrogens is 1. The summed E-state index contributed by atoms with van der Waals surface area (Å²) in [7, 11) is 2.78. The number of likely N-dealkylation sites (N-methyl/N-ethyl adjacent to an activating group) is 1. The van der Waals surface area contributed by atoms with Gasteiger partial charge in [0.05, 0.1) is 42.4 Å². The minimum Gasteiger partial charge on any atom is -0.400 e. The first-order valence-electron chi connectivity index (χ1n) is 28.2. The van der Waals surface area contributed by atoms with Crippen LogP contribution in [-0.2, 0) is 32.0 Å². The fourth-order valence-electron chi connectivity index (χ4n) is 11.6. The lowest BCUT2D eigenvalue weighted by atomic mass is 9.76. The molecule has 5 aliphatic rings. The quantitative estimate of drug-likeness (QED) is 0.0953. The van der Waals surface area contributed by atoms with Gasteiger partial charge < -0.3 is 49.5 Å². The van der Waals surface area contributed by atoms with E-state index in [0.29, 0.717) is 26.1 Å². The minimum absolute atomic E-state index is 0.0114. The van der Waals surface area contributed by atoms with Crippen LogP contribution >= 0.6 is 0 Å². The molecule has 4 aromatic rings. The summed E-state index contributed by atoms with van der Waals surface area (Å²) < 4.78 is 12.6. The molecule has 5 heterocycles. The van der Waals surface area contributed by atoms with Crippen LogP contribution < -0.4 is 25.4 Å². The standard InChI is InChI=1S/C58H80N8O4.C2H6.CH4O.CH2O/c1-9-65-53-20-17-44(33-49(53)51(35-58(6,7)38-67)55(65)50-34-48(36-59-54(50)41(5)69-8)63-25-23-62(24-26-63)47-18-19-47)45-30-42-29-43(31-45)37-64(46-15-11-10-12-16-46)27-28-70-56(39(2)3)57(68)61-52(32-42)40(4)66-22-14-13-21-60-66;3*1-2/h10-12,15-17,20,29-31,33-34,36,39,41,47,51-52,55-56,60,67H,4,9,13-14,18-19,21-28,32,35,37-38H2,1-3,5-8H3,(H,61,68);1-2H3;2H,1H3;1H2/t41?,51?,52?,55?,56-;;;/m0.../s1. The molecule has 3 aromatic carbocycles. The normalized spacial score (nSPS) is 21.7. The average Bonchev–Trinajstić information content (AvgIpc) is 4.28. The molecule has 4 aliphatic heterocycles. The largest absolute Gasteiger partial charge is 0.400 e. The molecule has 1 aliphatic carbocycles. The van der Waals surface area contributed by atoms with Gasteiger partial charge in [0.1, 0.15) is 12.9 Å². The van der Waals surface area contributed by atoms with Crippen LogP contribution in [0.15, 0.2) is 91.3 Å². The maximum absolute atomic E-state index is 14.3. The number of methoxy groups -OCH3 is 1. The number of fused-ring (bicyclic) bond motifs is 3. The third-order valence-electron chi connectivity index (χ3n) is 15.7. The maximum Gasteiger partial charge on any atom is 0.249 e. The number of nitrogens with one attached hydrogen (secondary N) is 2. The molecular weight excluding hydrogens is 953 g/mol. The van der Waals surface area contributed by atoms with Crippen LogP contribution in [-0.4, -0.2) is 136 Å². The predicted molar refractivity (Wildman–Crippen MR) is 310 cm³/mol. The van der Waals surface area contributed by atoms with Crippen molar-refractivity contribution in [3.05, 3.63) is 119 Å². The first-order chi connectivity index (χ1) is 36.8. The first-order valence-corrected chi connectivity index (χ1v) is 28.2. The van der Waals surface area contributed by atoms with Gasteiger partial charge in [0.25, 0.3) is 0 Å². The number of nitrogens with zero attached hydrogens (tertiary/aromatic N) is 6. The van der Waals surface area contributed by atoms with E-state index in [1.807, 2.05) is 20.6 Å². The fourth-order valence-corrected chi connectivity index (χ4v) is 11.6. The maximum atomic E-state index is 14.3. The highest BCUT2D eigenvalue weighted by molar-refractivity contribution is 5.82. The van der Waals surface area contributed by atoms with E-state index in [0.717, 1.165) is 112 Å². The second-order valence-corrected chi connectivity index (χ2v) is 21.8. The van der Waals surface area contributed by atoms with Crippen LogP contribution in [0.4, 0.5) is 17.1 Å². The van der Waals surface area contributed by atoms with Crippen molar-refractivity contribution in [2.75, 3.05) is 94.5 Å². The third kappa shape index (κ3) is 14.4. The first kappa shape index (κ1) is 59.9. The minimum atomic E-state index is -0.599. The number of aliphatic hydroxyl groups is 2. The topological polar surface area (TPSA) is 146 Å². The molecular formula is C62H92N8O6. The lowest BCUT2D eigenvalue weighted by Gasteiger charge is -2.38. The van der Waals surface area contributed by atoms with Crippen molar-refractivity contribution in [2.45, 2.75) is 137 Å². The Morgan fingerprint density at radius 1 is 0.868 bits per heavy atom. The molecule has 1 amide bonds. The monoisotopic (exact) mass is 1040 g/mol. The van der Waals surface area contributed by atoms with Crippen molar-refractivity contribution in [1.29, 1.82) is 0 Å². The molecule has 14 heteroatoms. The number of ether oxygens (including phenoxy) is 2. The second kappa shape index (κ2) is 28.3. The molecule has 76 heavy (non-hydrogen) atoms.